The van der Waals surface area contributed by atoms with Crippen LogP contribution in [0, 0.1) is 5.92 Å². The molecule has 2 aliphatic rings. The number of carbonyl (C=O) groups is 2. The van der Waals surface area contributed by atoms with Crippen molar-refractivity contribution in [2.45, 2.75) is 18.8 Å². The highest BCUT2D eigenvalue weighted by Gasteiger charge is 2.33. The van der Waals surface area contributed by atoms with Crippen molar-refractivity contribution in [2.75, 3.05) is 42.1 Å². The average molecular weight is 458 g/mol. The third-order valence-corrected chi connectivity index (χ3v) is 6.64. The maximum absolute atomic E-state index is 12.8. The first-order chi connectivity index (χ1) is 16.6. The van der Waals surface area contributed by atoms with Crippen molar-refractivity contribution in [2.24, 2.45) is 5.92 Å². The van der Waals surface area contributed by atoms with Gasteiger partial charge in [-0.1, -0.05) is 12.1 Å². The van der Waals surface area contributed by atoms with Gasteiger partial charge in [-0.3, -0.25) is 9.59 Å². The van der Waals surface area contributed by atoms with Gasteiger partial charge in [0.15, 0.2) is 5.82 Å². The molecule has 0 atom stereocenters. The van der Waals surface area contributed by atoms with Crippen LogP contribution in [0.1, 0.15) is 34.7 Å². The number of rotatable bonds is 5. The number of likely N-dealkylation sites (tertiary alicyclic amines) is 1. The van der Waals surface area contributed by atoms with Gasteiger partial charge in [-0.2, -0.15) is 5.10 Å². The molecular formula is C25H27N7O2. The maximum Gasteiger partial charge on any atom is 0.257 e. The van der Waals surface area contributed by atoms with E-state index in [9.17, 15) is 9.59 Å². The summed E-state index contributed by atoms with van der Waals surface area (Å²) in [6, 6.07) is 15.3. The van der Waals surface area contributed by atoms with E-state index in [1.165, 1.54) is 5.56 Å². The Balaban J connectivity index is 1.11. The number of benzene rings is 1. The summed E-state index contributed by atoms with van der Waals surface area (Å²) in [6.45, 7) is 2.65. The largest absolute Gasteiger partial charge is 0.383 e. The van der Waals surface area contributed by atoms with Crippen molar-refractivity contribution in [3.8, 4) is 0 Å². The predicted octanol–water partition coefficient (Wildman–Crippen LogP) is 2.55. The quantitative estimate of drug-likeness (QED) is 0.605. The average Bonchev–Trinajstić information content (AvgIpc) is 2.84. The van der Waals surface area contributed by atoms with E-state index in [0.717, 1.165) is 24.3 Å². The lowest BCUT2D eigenvalue weighted by atomic mass is 9.89. The number of piperidine rings is 1. The summed E-state index contributed by atoms with van der Waals surface area (Å²) in [4.78, 5) is 33.2. The Bertz CT molecular complexity index is 1160. The third kappa shape index (κ3) is 4.54. The molecule has 174 valence electrons. The van der Waals surface area contributed by atoms with Crippen LogP contribution in [0.25, 0.3) is 0 Å². The Morgan fingerprint density at radius 1 is 0.971 bits per heavy atom. The molecule has 0 spiro atoms. The molecule has 2 aliphatic heterocycles. The van der Waals surface area contributed by atoms with Gasteiger partial charge in [0.25, 0.3) is 5.91 Å². The zero-order chi connectivity index (χ0) is 23.5. The number of nitrogens with two attached hydrogens (primary N) is 1. The third-order valence-electron chi connectivity index (χ3n) is 6.64. The van der Waals surface area contributed by atoms with Crippen molar-refractivity contribution >= 4 is 29.1 Å². The zero-order valence-corrected chi connectivity index (χ0v) is 18.8. The maximum atomic E-state index is 12.8. The fourth-order valence-corrected chi connectivity index (χ4v) is 4.56. The van der Waals surface area contributed by atoms with Crippen LogP contribution in [0.3, 0.4) is 0 Å². The number of anilines is 3. The number of nitrogen functional groups attached to an aromatic ring is 1. The van der Waals surface area contributed by atoms with Crippen molar-refractivity contribution in [3.05, 3.63) is 72.1 Å². The SMILES string of the molecule is Nc1ncccc1C(=O)N1CCC(c2ccc(NC(=O)C3CN(c4cccnn4)C3)cc2)CC1. The van der Waals surface area contributed by atoms with E-state index in [4.69, 9.17) is 5.73 Å². The minimum Gasteiger partial charge on any atom is -0.383 e. The highest BCUT2D eigenvalue weighted by molar-refractivity contribution is 5.98. The number of pyridine rings is 1. The number of nitrogens with zero attached hydrogens (tertiary/aromatic N) is 5. The van der Waals surface area contributed by atoms with Crippen molar-refractivity contribution in [1.29, 1.82) is 0 Å². The van der Waals surface area contributed by atoms with Gasteiger partial charge in [-0.25, -0.2) is 4.98 Å². The molecule has 0 bridgehead atoms. The molecule has 2 amide bonds. The minimum absolute atomic E-state index is 0.0226. The normalized spacial score (nSPS) is 16.7. The van der Waals surface area contributed by atoms with Crippen molar-refractivity contribution < 1.29 is 9.59 Å². The summed E-state index contributed by atoms with van der Waals surface area (Å²) in [5, 5.41) is 11.0. The van der Waals surface area contributed by atoms with E-state index in [2.05, 4.69) is 32.6 Å². The summed E-state index contributed by atoms with van der Waals surface area (Å²) in [5.41, 5.74) is 8.35. The first-order valence-corrected chi connectivity index (χ1v) is 11.5. The van der Waals surface area contributed by atoms with Crippen LogP contribution in [0.2, 0.25) is 0 Å². The highest BCUT2D eigenvalue weighted by Crippen LogP contribution is 2.30. The van der Waals surface area contributed by atoms with Crippen LogP contribution in [-0.4, -0.2) is 58.1 Å². The Morgan fingerprint density at radius 3 is 2.38 bits per heavy atom. The topological polar surface area (TPSA) is 117 Å². The molecule has 2 aromatic heterocycles. The molecular weight excluding hydrogens is 430 g/mol. The summed E-state index contributed by atoms with van der Waals surface area (Å²) in [5.74, 6) is 1.36. The van der Waals surface area contributed by atoms with Gasteiger partial charge in [0, 0.05) is 44.3 Å². The van der Waals surface area contributed by atoms with Gasteiger partial charge >= 0.3 is 0 Å². The van der Waals surface area contributed by atoms with Crippen molar-refractivity contribution in [1.82, 2.24) is 20.1 Å². The number of hydrogen-bond acceptors (Lipinski definition) is 7. The molecule has 1 aromatic carbocycles. The Hall–Kier alpha value is -4.01. The van der Waals surface area contributed by atoms with Crippen LogP contribution in [0.4, 0.5) is 17.3 Å². The summed E-state index contributed by atoms with van der Waals surface area (Å²) >= 11 is 0. The smallest absolute Gasteiger partial charge is 0.257 e. The molecule has 5 rings (SSSR count). The lowest BCUT2D eigenvalue weighted by Crippen LogP contribution is -2.52. The zero-order valence-electron chi connectivity index (χ0n) is 18.8. The van der Waals surface area contributed by atoms with E-state index in [1.54, 1.807) is 24.5 Å². The Morgan fingerprint density at radius 2 is 1.71 bits per heavy atom. The molecule has 0 radical (unpaired) electrons. The molecule has 0 saturated carbocycles. The van der Waals surface area contributed by atoms with Crippen LogP contribution in [0.15, 0.2) is 60.9 Å². The molecule has 34 heavy (non-hydrogen) atoms. The number of aromatic nitrogens is 3. The number of hydrogen-bond donors (Lipinski definition) is 2. The van der Waals surface area contributed by atoms with Gasteiger partial charge < -0.3 is 20.9 Å². The van der Waals surface area contributed by atoms with Crippen LogP contribution < -0.4 is 16.0 Å². The predicted molar refractivity (Wildman–Crippen MR) is 129 cm³/mol. The van der Waals surface area contributed by atoms with E-state index in [1.807, 2.05) is 34.1 Å². The molecule has 3 N–H and O–H groups in total. The Labute approximate surface area is 198 Å². The standard InChI is InChI=1S/C25H27N7O2/c26-23-21(3-1-11-27-23)25(34)31-13-9-18(10-14-31)17-5-7-20(8-6-17)29-24(33)19-15-32(16-19)22-4-2-12-28-30-22/h1-8,11-12,18-19H,9-10,13-16H2,(H2,26,27)(H,29,33). The first-order valence-electron chi connectivity index (χ1n) is 11.5. The first kappa shape index (κ1) is 21.8. The van der Waals surface area contributed by atoms with Crippen LogP contribution >= 0.6 is 0 Å². The second-order valence-corrected chi connectivity index (χ2v) is 8.80. The molecule has 9 nitrogen and oxygen atoms in total. The second kappa shape index (κ2) is 9.46. The lowest BCUT2D eigenvalue weighted by Gasteiger charge is -2.38. The van der Waals surface area contributed by atoms with Crippen molar-refractivity contribution in [3.63, 3.8) is 0 Å². The fraction of sp³-hybridized carbons (Fsp3) is 0.320. The summed E-state index contributed by atoms with van der Waals surface area (Å²) in [6.07, 6.45) is 5.00. The summed E-state index contributed by atoms with van der Waals surface area (Å²) < 4.78 is 0. The van der Waals surface area contributed by atoms with Crippen LogP contribution in [-0.2, 0) is 4.79 Å². The lowest BCUT2D eigenvalue weighted by molar-refractivity contribution is -0.120. The second-order valence-electron chi connectivity index (χ2n) is 8.80. The van der Waals surface area contributed by atoms with E-state index >= 15 is 0 Å². The number of carbonyl (C=O) groups excluding carboxylic acids is 2. The van der Waals surface area contributed by atoms with Crippen LogP contribution in [0.5, 0.6) is 0 Å². The molecule has 3 aromatic rings. The number of nitrogens with one attached hydrogen (secondary N) is 1. The molecule has 9 heteroatoms. The minimum atomic E-state index is -0.0593. The molecule has 4 heterocycles. The Kier molecular flexibility index (Phi) is 6.07. The van der Waals surface area contributed by atoms with E-state index < -0.39 is 0 Å². The van der Waals surface area contributed by atoms with E-state index in [-0.39, 0.29) is 23.6 Å². The molecule has 0 unspecified atom stereocenters. The monoisotopic (exact) mass is 457 g/mol. The molecule has 2 fully saturated rings. The van der Waals surface area contributed by atoms with E-state index in [0.29, 0.717) is 37.7 Å². The fourth-order valence-electron chi connectivity index (χ4n) is 4.56. The van der Waals surface area contributed by atoms with Gasteiger partial charge in [0.05, 0.1) is 11.5 Å². The summed E-state index contributed by atoms with van der Waals surface area (Å²) in [7, 11) is 0. The van der Waals surface area contributed by atoms with Gasteiger partial charge in [0.1, 0.15) is 5.82 Å². The van der Waals surface area contributed by atoms with Gasteiger partial charge in [-0.15, -0.1) is 5.10 Å². The molecule has 0 aliphatic carbocycles. The number of amides is 2. The van der Waals surface area contributed by atoms with Gasteiger partial charge in [-0.05, 0) is 60.7 Å². The highest BCUT2D eigenvalue weighted by atomic mass is 16.2. The van der Waals surface area contributed by atoms with Gasteiger partial charge in [0.2, 0.25) is 5.91 Å². The molecule has 2 saturated heterocycles.